The molecule has 0 saturated carbocycles. The minimum atomic E-state index is -0.549. The second kappa shape index (κ2) is 7.91. The highest BCUT2D eigenvalue weighted by Gasteiger charge is 2.48. The molecule has 2 saturated heterocycles. The van der Waals surface area contributed by atoms with Crippen LogP contribution in [0.15, 0.2) is 35.5 Å². The normalized spacial score (nSPS) is 27.5. The Bertz CT molecular complexity index is 760. The van der Waals surface area contributed by atoms with Crippen molar-refractivity contribution in [1.82, 2.24) is 10.2 Å². The molecule has 0 aliphatic carbocycles. The minimum Gasteiger partial charge on any atom is -0.386 e. The molecular weight excluding hydrogens is 358 g/mol. The summed E-state index contributed by atoms with van der Waals surface area (Å²) in [6.45, 7) is 4.92. The van der Waals surface area contributed by atoms with Gasteiger partial charge in [0.05, 0.1) is 19.1 Å². The Balaban J connectivity index is 1.27. The van der Waals surface area contributed by atoms with Gasteiger partial charge in [-0.1, -0.05) is 42.4 Å². The number of hydrogen-bond donors (Lipinski definition) is 1. The first-order chi connectivity index (χ1) is 13.6. The third-order valence-electron chi connectivity index (χ3n) is 5.95. The van der Waals surface area contributed by atoms with E-state index in [4.69, 9.17) is 9.57 Å². The van der Waals surface area contributed by atoms with Crippen molar-refractivity contribution in [3.63, 3.8) is 0 Å². The monoisotopic (exact) mass is 385 g/mol. The highest BCUT2D eigenvalue weighted by molar-refractivity contribution is 6.39. The molecule has 2 amide bonds. The third kappa shape index (κ3) is 3.90. The number of likely N-dealkylation sites (tertiary alicyclic amines) is 1. The molecule has 1 N–H and O–H groups in total. The van der Waals surface area contributed by atoms with Crippen molar-refractivity contribution in [2.45, 2.75) is 37.7 Å². The molecule has 4 rings (SSSR count). The summed E-state index contributed by atoms with van der Waals surface area (Å²) < 4.78 is 5.33. The van der Waals surface area contributed by atoms with Crippen molar-refractivity contribution < 1.29 is 19.2 Å². The van der Waals surface area contributed by atoms with E-state index in [2.05, 4.69) is 29.5 Å². The molecule has 0 unspecified atom stereocenters. The molecule has 3 atom stereocenters. The molecule has 3 aliphatic heterocycles. The molecule has 0 aromatic heterocycles. The minimum absolute atomic E-state index is 0.0419. The quantitative estimate of drug-likeness (QED) is 0.836. The van der Waals surface area contributed by atoms with Gasteiger partial charge in [0.1, 0.15) is 5.71 Å². The average molecular weight is 385 g/mol. The number of hydrogen-bond acceptors (Lipinski definition) is 5. The maximum atomic E-state index is 12.6. The van der Waals surface area contributed by atoms with E-state index < -0.39 is 5.60 Å². The standard InChI is InChI=1S/C21H27N3O4/c1-15(16-5-3-2-4-6-16)12-22-19(25)18-11-21(28-23-18)8-9-24(14-21)20(26)17-7-10-27-13-17/h2-6,15,17H,7-14H2,1H3,(H,22,25)/t15-,17-,21+/m1/s1. The molecule has 1 spiro atoms. The summed E-state index contributed by atoms with van der Waals surface area (Å²) in [4.78, 5) is 32.6. The van der Waals surface area contributed by atoms with Crippen molar-refractivity contribution in [2.75, 3.05) is 32.8 Å². The number of carbonyl (C=O) groups excluding carboxylic acids is 2. The Morgan fingerprint density at radius 3 is 2.93 bits per heavy atom. The average Bonchev–Trinajstić information content (AvgIpc) is 3.48. The molecule has 2 fully saturated rings. The molecule has 150 valence electrons. The number of nitrogens with one attached hydrogen (secondary N) is 1. The zero-order valence-electron chi connectivity index (χ0n) is 16.2. The van der Waals surface area contributed by atoms with E-state index in [9.17, 15) is 9.59 Å². The van der Waals surface area contributed by atoms with Gasteiger partial charge in [-0.3, -0.25) is 9.59 Å². The van der Waals surface area contributed by atoms with Crippen LogP contribution < -0.4 is 5.32 Å². The highest BCUT2D eigenvalue weighted by Crippen LogP contribution is 2.35. The SMILES string of the molecule is C[C@H](CNC(=O)C1=NO[C@@]2(CCN(C(=O)[C@@H]3CCOC3)C2)C1)c1ccccc1. The third-order valence-corrected chi connectivity index (χ3v) is 5.95. The van der Waals surface area contributed by atoms with Gasteiger partial charge in [0.15, 0.2) is 5.60 Å². The summed E-state index contributed by atoms with van der Waals surface area (Å²) in [6.07, 6.45) is 1.93. The number of benzene rings is 1. The van der Waals surface area contributed by atoms with Gasteiger partial charge in [0.2, 0.25) is 5.91 Å². The van der Waals surface area contributed by atoms with Crippen LogP contribution in [0.4, 0.5) is 0 Å². The molecule has 1 aromatic carbocycles. The van der Waals surface area contributed by atoms with Crippen LogP contribution in [0.3, 0.4) is 0 Å². The van der Waals surface area contributed by atoms with Crippen molar-refractivity contribution in [3.05, 3.63) is 35.9 Å². The van der Waals surface area contributed by atoms with Gasteiger partial charge in [-0.2, -0.15) is 0 Å². The summed E-state index contributed by atoms with van der Waals surface area (Å²) in [5.41, 5.74) is 1.05. The van der Waals surface area contributed by atoms with Gasteiger partial charge in [-0.25, -0.2) is 0 Å². The molecule has 0 bridgehead atoms. The molecule has 3 aliphatic rings. The lowest BCUT2D eigenvalue weighted by Gasteiger charge is -2.23. The van der Waals surface area contributed by atoms with Crippen LogP contribution >= 0.6 is 0 Å². The maximum absolute atomic E-state index is 12.6. The zero-order valence-corrected chi connectivity index (χ0v) is 16.2. The van der Waals surface area contributed by atoms with Crippen molar-refractivity contribution in [3.8, 4) is 0 Å². The summed E-state index contributed by atoms with van der Waals surface area (Å²) in [5, 5.41) is 7.02. The van der Waals surface area contributed by atoms with Crippen molar-refractivity contribution in [1.29, 1.82) is 0 Å². The Kier molecular flexibility index (Phi) is 5.35. The van der Waals surface area contributed by atoms with Crippen LogP contribution in [-0.4, -0.2) is 60.9 Å². The van der Waals surface area contributed by atoms with Gasteiger partial charge in [-0.15, -0.1) is 0 Å². The fraction of sp³-hybridized carbons (Fsp3) is 0.571. The van der Waals surface area contributed by atoms with Crippen LogP contribution in [0.1, 0.15) is 37.7 Å². The lowest BCUT2D eigenvalue weighted by Crippen LogP contribution is -2.40. The molecule has 0 radical (unpaired) electrons. The van der Waals surface area contributed by atoms with E-state index in [0.29, 0.717) is 51.4 Å². The van der Waals surface area contributed by atoms with Crippen LogP contribution in [0.2, 0.25) is 0 Å². The fourth-order valence-corrected chi connectivity index (χ4v) is 4.13. The van der Waals surface area contributed by atoms with Crippen LogP contribution in [0.25, 0.3) is 0 Å². The lowest BCUT2D eigenvalue weighted by atomic mass is 9.96. The maximum Gasteiger partial charge on any atom is 0.269 e. The number of rotatable bonds is 5. The van der Waals surface area contributed by atoms with E-state index in [1.165, 1.54) is 5.56 Å². The number of oxime groups is 1. The lowest BCUT2D eigenvalue weighted by molar-refractivity contribution is -0.135. The van der Waals surface area contributed by atoms with E-state index in [1.807, 2.05) is 23.1 Å². The summed E-state index contributed by atoms with van der Waals surface area (Å²) in [7, 11) is 0. The highest BCUT2D eigenvalue weighted by atomic mass is 16.7. The summed E-state index contributed by atoms with van der Waals surface area (Å²) in [6, 6.07) is 10.1. The van der Waals surface area contributed by atoms with Gasteiger partial charge >= 0.3 is 0 Å². The Labute approximate surface area is 165 Å². The predicted molar refractivity (Wildman–Crippen MR) is 104 cm³/mol. The second-order valence-corrected chi connectivity index (χ2v) is 8.08. The number of carbonyl (C=O) groups is 2. The molecule has 28 heavy (non-hydrogen) atoms. The zero-order chi connectivity index (χ0) is 19.6. The molecule has 7 heteroatoms. The van der Waals surface area contributed by atoms with E-state index >= 15 is 0 Å². The van der Waals surface area contributed by atoms with E-state index in [0.717, 1.165) is 6.42 Å². The summed E-state index contributed by atoms with van der Waals surface area (Å²) in [5.74, 6) is 0.121. The number of amides is 2. The summed E-state index contributed by atoms with van der Waals surface area (Å²) >= 11 is 0. The Morgan fingerprint density at radius 2 is 2.18 bits per heavy atom. The topological polar surface area (TPSA) is 80.2 Å². The molecular formula is C21H27N3O4. The first-order valence-corrected chi connectivity index (χ1v) is 10.0. The first-order valence-electron chi connectivity index (χ1n) is 10.0. The Hall–Kier alpha value is -2.41. The Morgan fingerprint density at radius 1 is 1.36 bits per heavy atom. The van der Waals surface area contributed by atoms with Crippen molar-refractivity contribution in [2.24, 2.45) is 11.1 Å². The predicted octanol–water partition coefficient (Wildman–Crippen LogP) is 1.69. The fourth-order valence-electron chi connectivity index (χ4n) is 4.13. The smallest absolute Gasteiger partial charge is 0.269 e. The van der Waals surface area contributed by atoms with E-state index in [-0.39, 0.29) is 23.7 Å². The van der Waals surface area contributed by atoms with Crippen LogP contribution in [0.5, 0.6) is 0 Å². The van der Waals surface area contributed by atoms with Crippen LogP contribution in [-0.2, 0) is 19.2 Å². The first kappa shape index (κ1) is 18.9. The number of nitrogens with zero attached hydrogens (tertiary/aromatic N) is 2. The second-order valence-electron chi connectivity index (χ2n) is 8.08. The van der Waals surface area contributed by atoms with Crippen LogP contribution in [0, 0.1) is 5.92 Å². The van der Waals surface area contributed by atoms with Crippen molar-refractivity contribution >= 4 is 17.5 Å². The molecule has 3 heterocycles. The van der Waals surface area contributed by atoms with Gasteiger partial charge < -0.3 is 19.8 Å². The largest absolute Gasteiger partial charge is 0.386 e. The number of ether oxygens (including phenoxy) is 1. The van der Waals surface area contributed by atoms with E-state index in [1.54, 1.807) is 0 Å². The van der Waals surface area contributed by atoms with Gasteiger partial charge in [0, 0.05) is 32.5 Å². The van der Waals surface area contributed by atoms with Gasteiger partial charge in [-0.05, 0) is 17.9 Å². The molecule has 7 nitrogen and oxygen atoms in total. The molecule has 1 aromatic rings. The van der Waals surface area contributed by atoms with Gasteiger partial charge in [0.25, 0.3) is 5.91 Å².